The Balaban J connectivity index is 2.07. The molecule has 0 aliphatic carbocycles. The van der Waals surface area contributed by atoms with Crippen molar-refractivity contribution in [2.24, 2.45) is 0 Å². The number of halogens is 7. The van der Waals surface area contributed by atoms with Gasteiger partial charge in [0.2, 0.25) is 0 Å². The predicted molar refractivity (Wildman–Crippen MR) is 72.5 cm³/mol. The summed E-state index contributed by atoms with van der Waals surface area (Å²) in [5, 5.41) is -3.88. The van der Waals surface area contributed by atoms with Gasteiger partial charge < -0.3 is 4.74 Å². The molecule has 9 heteroatoms. The van der Waals surface area contributed by atoms with Crippen LogP contribution < -0.4 is 4.74 Å². The van der Waals surface area contributed by atoms with Gasteiger partial charge in [0.15, 0.2) is 6.17 Å². The highest BCUT2D eigenvalue weighted by Gasteiger charge is 2.51. The second-order valence-corrected chi connectivity index (χ2v) is 6.09. The highest BCUT2D eigenvalue weighted by Crippen LogP contribution is 2.59. The first-order valence-electron chi connectivity index (χ1n) is 6.49. The summed E-state index contributed by atoms with van der Waals surface area (Å²) < 4.78 is 98.5. The van der Waals surface area contributed by atoms with Crippen LogP contribution in [0, 0.1) is 11.6 Å². The van der Waals surface area contributed by atoms with Crippen molar-refractivity contribution in [2.45, 2.75) is 22.7 Å². The molecule has 1 nitrogen and oxygen atoms in total. The van der Waals surface area contributed by atoms with Crippen molar-refractivity contribution >= 4 is 11.8 Å². The van der Waals surface area contributed by atoms with Gasteiger partial charge in [0.1, 0.15) is 23.1 Å². The van der Waals surface area contributed by atoms with E-state index in [-0.39, 0.29) is 11.8 Å². The van der Waals surface area contributed by atoms with Crippen molar-refractivity contribution in [3.05, 3.63) is 53.1 Å². The molecule has 0 fully saturated rings. The lowest BCUT2D eigenvalue weighted by molar-refractivity contribution is 0.0187. The van der Waals surface area contributed by atoms with E-state index in [2.05, 4.69) is 0 Å². The summed E-state index contributed by atoms with van der Waals surface area (Å²) in [6, 6.07) is 3.80. The van der Waals surface area contributed by atoms with E-state index in [1.165, 1.54) is 0 Å². The van der Waals surface area contributed by atoms with Gasteiger partial charge in [-0.1, -0.05) is 6.07 Å². The maximum Gasteiger partial charge on any atom is 0.333 e. The summed E-state index contributed by atoms with van der Waals surface area (Å²) >= 11 is -0.329. The van der Waals surface area contributed by atoms with Crippen molar-refractivity contribution in [3.8, 4) is 11.5 Å². The standard InChI is InChI=1S/C15H7F7OS/c16-6-3-7(17)5-8(4-6)23-10-2-1-9-12(11(10)14(19)20)24-15(21,22)13(9)18/h1-5,13-14H/t13-/m0/s1. The molecule has 0 bridgehead atoms. The van der Waals surface area contributed by atoms with Crippen molar-refractivity contribution in [1.82, 2.24) is 0 Å². The number of alkyl halides is 5. The fourth-order valence-corrected chi connectivity index (χ4v) is 3.38. The largest absolute Gasteiger partial charge is 0.457 e. The maximum atomic E-state index is 13.6. The van der Waals surface area contributed by atoms with Gasteiger partial charge >= 0.3 is 5.25 Å². The Hall–Kier alpha value is -1.90. The molecule has 0 saturated carbocycles. The Morgan fingerprint density at radius 2 is 1.67 bits per heavy atom. The Morgan fingerprint density at radius 1 is 1.04 bits per heavy atom. The van der Waals surface area contributed by atoms with Crippen molar-refractivity contribution in [2.75, 3.05) is 0 Å². The minimum Gasteiger partial charge on any atom is -0.457 e. The highest BCUT2D eigenvalue weighted by molar-refractivity contribution is 8.00. The molecule has 3 rings (SSSR count). The topological polar surface area (TPSA) is 9.23 Å². The highest BCUT2D eigenvalue weighted by atomic mass is 32.2. The molecule has 1 aliphatic rings. The van der Waals surface area contributed by atoms with Gasteiger partial charge in [-0.3, -0.25) is 0 Å². The molecule has 0 N–H and O–H groups in total. The van der Waals surface area contributed by atoms with Crippen molar-refractivity contribution in [1.29, 1.82) is 0 Å². The van der Waals surface area contributed by atoms with E-state index < -0.39 is 57.0 Å². The number of benzene rings is 2. The zero-order chi connectivity index (χ0) is 17.6. The van der Waals surface area contributed by atoms with Crippen LogP contribution in [0.15, 0.2) is 35.2 Å². The van der Waals surface area contributed by atoms with Crippen LogP contribution >= 0.6 is 11.8 Å². The predicted octanol–water partition coefficient (Wildman–Crippen LogP) is 6.40. The molecule has 0 unspecified atom stereocenters. The summed E-state index contributed by atoms with van der Waals surface area (Å²) in [5.41, 5.74) is -1.51. The average Bonchev–Trinajstić information content (AvgIpc) is 2.67. The number of rotatable bonds is 3. The molecule has 1 heterocycles. The molecule has 2 aromatic carbocycles. The van der Waals surface area contributed by atoms with Crippen LogP contribution in [-0.4, -0.2) is 5.25 Å². The minimum atomic E-state index is -3.88. The SMILES string of the molecule is Fc1cc(F)cc(Oc2ccc3c(c2C(F)F)SC(F)(F)[C@H]3F)c1. The molecule has 1 aliphatic heterocycles. The summed E-state index contributed by atoms with van der Waals surface area (Å²) in [5.74, 6) is -3.02. The molecular formula is C15H7F7OS. The second kappa shape index (κ2) is 5.87. The van der Waals surface area contributed by atoms with Gasteiger partial charge in [-0.25, -0.2) is 22.0 Å². The Labute approximate surface area is 135 Å². The number of fused-ring (bicyclic) bond motifs is 1. The molecule has 0 amide bonds. The summed E-state index contributed by atoms with van der Waals surface area (Å²) in [6.07, 6.45) is -5.97. The van der Waals surface area contributed by atoms with Gasteiger partial charge in [-0.05, 0) is 17.8 Å². The zero-order valence-corrected chi connectivity index (χ0v) is 12.3. The Bertz CT molecular complexity index is 773. The van der Waals surface area contributed by atoms with Crippen molar-refractivity contribution in [3.63, 3.8) is 0 Å². The number of thioether (sulfide) groups is 1. The molecule has 1 atom stereocenters. The molecule has 128 valence electrons. The van der Waals surface area contributed by atoms with Crippen LogP contribution in [0.4, 0.5) is 30.7 Å². The quantitative estimate of drug-likeness (QED) is 0.580. The second-order valence-electron chi connectivity index (χ2n) is 4.93. The van der Waals surface area contributed by atoms with Gasteiger partial charge in [0, 0.05) is 28.7 Å². The van der Waals surface area contributed by atoms with E-state index >= 15 is 0 Å². The third-order valence-electron chi connectivity index (χ3n) is 3.27. The van der Waals surface area contributed by atoms with Crippen LogP contribution in [-0.2, 0) is 0 Å². The van der Waals surface area contributed by atoms with Gasteiger partial charge in [-0.2, -0.15) is 8.78 Å². The third kappa shape index (κ3) is 2.92. The molecule has 0 radical (unpaired) electrons. The monoisotopic (exact) mass is 368 g/mol. The van der Waals surface area contributed by atoms with Gasteiger partial charge in [-0.15, -0.1) is 0 Å². The molecule has 0 aromatic heterocycles. The van der Waals surface area contributed by atoms with Crippen LogP contribution in [0.3, 0.4) is 0 Å². The minimum absolute atomic E-state index is 0.329. The summed E-state index contributed by atoms with van der Waals surface area (Å²) in [6.45, 7) is 0. The van der Waals surface area contributed by atoms with E-state index in [1.54, 1.807) is 0 Å². The molecular weight excluding hydrogens is 361 g/mol. The first kappa shape index (κ1) is 16.9. The number of hydrogen-bond donors (Lipinski definition) is 0. The van der Waals surface area contributed by atoms with E-state index in [9.17, 15) is 30.7 Å². The van der Waals surface area contributed by atoms with E-state index in [0.717, 1.165) is 24.3 Å². The average molecular weight is 368 g/mol. The first-order valence-corrected chi connectivity index (χ1v) is 7.30. The van der Waals surface area contributed by atoms with Crippen LogP contribution in [0.5, 0.6) is 11.5 Å². The summed E-state index contributed by atoms with van der Waals surface area (Å²) in [7, 11) is 0. The van der Waals surface area contributed by atoms with Crippen molar-refractivity contribution < 1.29 is 35.5 Å². The van der Waals surface area contributed by atoms with Crippen LogP contribution in [0.25, 0.3) is 0 Å². The van der Waals surface area contributed by atoms with Crippen LogP contribution in [0.2, 0.25) is 0 Å². The fraction of sp³-hybridized carbons (Fsp3) is 0.200. The smallest absolute Gasteiger partial charge is 0.333 e. The van der Waals surface area contributed by atoms with Crippen LogP contribution in [0.1, 0.15) is 23.7 Å². The third-order valence-corrected chi connectivity index (χ3v) is 4.41. The lowest BCUT2D eigenvalue weighted by atomic mass is 10.1. The lowest BCUT2D eigenvalue weighted by Crippen LogP contribution is -2.11. The maximum absolute atomic E-state index is 13.6. The molecule has 24 heavy (non-hydrogen) atoms. The number of ether oxygens (including phenoxy) is 1. The first-order chi connectivity index (χ1) is 11.2. The van der Waals surface area contributed by atoms with Gasteiger partial charge in [0.05, 0.1) is 5.56 Å². The van der Waals surface area contributed by atoms with E-state index in [1.807, 2.05) is 0 Å². The normalized spacial score (nSPS) is 18.8. The molecule has 0 spiro atoms. The van der Waals surface area contributed by atoms with Gasteiger partial charge in [0.25, 0.3) is 6.43 Å². The Kier molecular flexibility index (Phi) is 4.15. The van der Waals surface area contributed by atoms with E-state index in [0.29, 0.717) is 6.07 Å². The lowest BCUT2D eigenvalue weighted by Gasteiger charge is -2.14. The van der Waals surface area contributed by atoms with E-state index in [4.69, 9.17) is 4.74 Å². The molecule has 2 aromatic rings. The zero-order valence-electron chi connectivity index (χ0n) is 11.5. The molecule has 0 saturated heterocycles. The Morgan fingerprint density at radius 3 is 2.25 bits per heavy atom. The fourth-order valence-electron chi connectivity index (χ4n) is 2.29. The summed E-state index contributed by atoms with van der Waals surface area (Å²) in [4.78, 5) is -0.628. The number of hydrogen-bond acceptors (Lipinski definition) is 2.